The lowest BCUT2D eigenvalue weighted by Gasteiger charge is -2.14. The number of nitrogens with one attached hydrogen (secondary N) is 2. The van der Waals surface area contributed by atoms with Gasteiger partial charge in [0.25, 0.3) is 0 Å². The highest BCUT2D eigenvalue weighted by molar-refractivity contribution is 14.0. The van der Waals surface area contributed by atoms with Gasteiger partial charge in [0, 0.05) is 19.3 Å². The monoisotopic (exact) mass is 499 g/mol. The molecule has 26 heavy (non-hydrogen) atoms. The first-order valence-corrected chi connectivity index (χ1v) is 10.4. The second-order valence-corrected chi connectivity index (χ2v) is 8.29. The minimum absolute atomic E-state index is 0. The average molecular weight is 499 g/mol. The molecule has 0 aromatic heterocycles. The number of benzene rings is 1. The van der Waals surface area contributed by atoms with E-state index < -0.39 is 15.9 Å². The molecular weight excluding hydrogens is 469 g/mol. The van der Waals surface area contributed by atoms with E-state index in [1.165, 1.54) is 6.26 Å². The molecule has 3 N–H and O–H groups in total. The maximum absolute atomic E-state index is 11.2. The summed E-state index contributed by atoms with van der Waals surface area (Å²) in [5, 5.41) is 16.2. The molecular formula is C17H30IN3O4S. The summed E-state index contributed by atoms with van der Waals surface area (Å²) in [5.41, 5.74) is 0.742. The zero-order valence-electron chi connectivity index (χ0n) is 15.7. The number of nitrogens with zero attached hydrogens (tertiary/aromatic N) is 1. The third-order valence-electron chi connectivity index (χ3n) is 3.17. The largest absolute Gasteiger partial charge is 0.491 e. The molecule has 0 aliphatic rings. The Morgan fingerprint density at radius 1 is 1.23 bits per heavy atom. The highest BCUT2D eigenvalue weighted by Gasteiger charge is 2.09. The molecule has 7 nitrogen and oxygen atoms in total. The van der Waals surface area contributed by atoms with Gasteiger partial charge in [0.15, 0.2) is 5.96 Å². The highest BCUT2D eigenvalue weighted by atomic mass is 127. The van der Waals surface area contributed by atoms with Crippen LogP contribution in [-0.2, 0) is 9.84 Å². The molecule has 0 heterocycles. The van der Waals surface area contributed by atoms with Gasteiger partial charge in [0.1, 0.15) is 15.6 Å². The van der Waals surface area contributed by atoms with Gasteiger partial charge < -0.3 is 20.5 Å². The van der Waals surface area contributed by atoms with E-state index in [1.807, 2.05) is 45.0 Å². The van der Waals surface area contributed by atoms with Crippen LogP contribution in [-0.4, -0.2) is 57.2 Å². The minimum atomic E-state index is -3.03. The Labute approximate surface area is 173 Å². The summed E-state index contributed by atoms with van der Waals surface area (Å²) in [6.45, 7) is 6.90. The van der Waals surface area contributed by atoms with Crippen molar-refractivity contribution in [2.75, 3.05) is 31.6 Å². The SMILES string of the molecule is CCNC(=NCC(O)c1ccc(OC(C)C)cc1)NCCS(C)(=O)=O.I. The lowest BCUT2D eigenvalue weighted by atomic mass is 10.1. The van der Waals surface area contributed by atoms with Gasteiger partial charge in [-0.25, -0.2) is 8.42 Å². The van der Waals surface area contributed by atoms with Crippen molar-refractivity contribution in [3.05, 3.63) is 29.8 Å². The second-order valence-electron chi connectivity index (χ2n) is 6.03. The van der Waals surface area contributed by atoms with Gasteiger partial charge in [-0.15, -0.1) is 24.0 Å². The van der Waals surface area contributed by atoms with Crippen molar-refractivity contribution >= 4 is 39.8 Å². The van der Waals surface area contributed by atoms with Gasteiger partial charge in [-0.2, -0.15) is 0 Å². The third kappa shape index (κ3) is 10.8. The van der Waals surface area contributed by atoms with Crippen molar-refractivity contribution in [1.29, 1.82) is 0 Å². The maximum atomic E-state index is 11.2. The Kier molecular flexibility index (Phi) is 11.8. The number of aliphatic hydroxyl groups is 1. The summed E-state index contributed by atoms with van der Waals surface area (Å²) >= 11 is 0. The molecule has 0 spiro atoms. The summed E-state index contributed by atoms with van der Waals surface area (Å²) in [6, 6.07) is 7.25. The van der Waals surface area contributed by atoms with Crippen LogP contribution < -0.4 is 15.4 Å². The molecule has 0 amide bonds. The number of aliphatic imine (C=N–C) groups is 1. The van der Waals surface area contributed by atoms with Gasteiger partial charge in [-0.1, -0.05) is 12.1 Å². The average Bonchev–Trinajstić information content (AvgIpc) is 2.51. The number of ether oxygens (including phenoxy) is 1. The normalized spacial score (nSPS) is 13.1. The van der Waals surface area contributed by atoms with Crippen LogP contribution in [0, 0.1) is 0 Å². The molecule has 9 heteroatoms. The van der Waals surface area contributed by atoms with E-state index in [4.69, 9.17) is 4.74 Å². The first-order chi connectivity index (χ1) is 11.7. The minimum Gasteiger partial charge on any atom is -0.491 e. The molecule has 1 unspecified atom stereocenters. The molecule has 1 aromatic rings. The number of sulfone groups is 1. The van der Waals surface area contributed by atoms with Gasteiger partial charge in [-0.05, 0) is 38.5 Å². The smallest absolute Gasteiger partial charge is 0.191 e. The Morgan fingerprint density at radius 2 is 1.85 bits per heavy atom. The van der Waals surface area contributed by atoms with Crippen LogP contribution in [0.2, 0.25) is 0 Å². The molecule has 0 bridgehead atoms. The number of hydrogen-bond acceptors (Lipinski definition) is 5. The molecule has 1 rings (SSSR count). The zero-order valence-corrected chi connectivity index (χ0v) is 18.9. The van der Waals surface area contributed by atoms with Crippen LogP contribution in [0.3, 0.4) is 0 Å². The maximum Gasteiger partial charge on any atom is 0.191 e. The molecule has 0 saturated carbocycles. The quantitative estimate of drug-likeness (QED) is 0.272. The van der Waals surface area contributed by atoms with E-state index >= 15 is 0 Å². The standard InChI is InChI=1S/C17H29N3O4S.HI/c1-5-18-17(19-10-11-25(4,22)23)20-12-16(21)14-6-8-15(9-7-14)24-13(2)3;/h6-9,13,16,21H,5,10-12H2,1-4H3,(H2,18,19,20);1H. The first-order valence-electron chi connectivity index (χ1n) is 8.36. The Hall–Kier alpha value is -1.07. The van der Waals surface area contributed by atoms with Crippen LogP contribution in [0.4, 0.5) is 0 Å². The van der Waals surface area contributed by atoms with E-state index in [0.29, 0.717) is 12.5 Å². The van der Waals surface area contributed by atoms with Crippen molar-refractivity contribution in [2.45, 2.75) is 33.0 Å². The van der Waals surface area contributed by atoms with E-state index in [1.54, 1.807) is 0 Å². The fourth-order valence-corrected chi connectivity index (χ4v) is 2.49. The van der Waals surface area contributed by atoms with Crippen molar-refractivity contribution in [1.82, 2.24) is 10.6 Å². The van der Waals surface area contributed by atoms with Crippen molar-refractivity contribution in [3.63, 3.8) is 0 Å². The van der Waals surface area contributed by atoms with E-state index in [-0.39, 0.29) is 48.9 Å². The number of halogens is 1. The van der Waals surface area contributed by atoms with Crippen molar-refractivity contribution < 1.29 is 18.3 Å². The molecule has 0 saturated heterocycles. The molecule has 1 atom stereocenters. The van der Waals surface area contributed by atoms with E-state index in [9.17, 15) is 13.5 Å². The molecule has 0 radical (unpaired) electrons. The predicted molar refractivity (Wildman–Crippen MR) is 116 cm³/mol. The van der Waals surface area contributed by atoms with Gasteiger partial charge in [0.2, 0.25) is 0 Å². The fraction of sp³-hybridized carbons (Fsp3) is 0.588. The summed E-state index contributed by atoms with van der Waals surface area (Å²) in [7, 11) is -3.03. The first kappa shape index (κ1) is 24.9. The number of rotatable bonds is 9. The second kappa shape index (κ2) is 12.3. The number of hydrogen-bond donors (Lipinski definition) is 3. The Morgan fingerprint density at radius 3 is 2.35 bits per heavy atom. The zero-order chi connectivity index (χ0) is 18.9. The van der Waals surface area contributed by atoms with Crippen molar-refractivity contribution in [2.24, 2.45) is 4.99 Å². The van der Waals surface area contributed by atoms with Crippen molar-refractivity contribution in [3.8, 4) is 5.75 Å². The lowest BCUT2D eigenvalue weighted by Crippen LogP contribution is -2.39. The summed E-state index contributed by atoms with van der Waals surface area (Å²) < 4.78 is 27.9. The molecule has 150 valence electrons. The summed E-state index contributed by atoms with van der Waals surface area (Å²) in [6.07, 6.45) is 0.536. The van der Waals surface area contributed by atoms with E-state index in [0.717, 1.165) is 11.3 Å². The number of guanidine groups is 1. The molecule has 0 aliphatic heterocycles. The fourth-order valence-electron chi connectivity index (χ4n) is 2.02. The lowest BCUT2D eigenvalue weighted by molar-refractivity contribution is 0.186. The third-order valence-corrected chi connectivity index (χ3v) is 4.11. The van der Waals surface area contributed by atoms with Gasteiger partial charge in [-0.3, -0.25) is 4.99 Å². The van der Waals surface area contributed by atoms with Crippen LogP contribution in [0.1, 0.15) is 32.4 Å². The van der Waals surface area contributed by atoms with Crippen LogP contribution in [0.15, 0.2) is 29.3 Å². The van der Waals surface area contributed by atoms with Gasteiger partial charge in [0.05, 0.1) is 24.5 Å². The van der Waals surface area contributed by atoms with Crippen LogP contribution >= 0.6 is 24.0 Å². The molecule has 1 aromatic carbocycles. The molecule has 0 fully saturated rings. The van der Waals surface area contributed by atoms with Crippen LogP contribution in [0.5, 0.6) is 5.75 Å². The number of aliphatic hydroxyl groups excluding tert-OH is 1. The summed E-state index contributed by atoms with van der Waals surface area (Å²) in [5.74, 6) is 1.26. The Balaban J connectivity index is 0.00000625. The van der Waals surface area contributed by atoms with E-state index in [2.05, 4.69) is 15.6 Å². The Bertz CT molecular complexity index is 648. The topological polar surface area (TPSA) is 100 Å². The molecule has 0 aliphatic carbocycles. The summed E-state index contributed by atoms with van der Waals surface area (Å²) in [4.78, 5) is 4.30. The van der Waals surface area contributed by atoms with Crippen LogP contribution in [0.25, 0.3) is 0 Å². The highest BCUT2D eigenvalue weighted by Crippen LogP contribution is 2.19. The van der Waals surface area contributed by atoms with Gasteiger partial charge >= 0.3 is 0 Å². The predicted octanol–water partition coefficient (Wildman–Crippen LogP) is 1.72.